The molecule has 0 aromatic carbocycles. The molecule has 0 aromatic rings. The zero-order chi connectivity index (χ0) is 69.4. The minimum atomic E-state index is -1.79. The number of ether oxygens (including phenoxy) is 4. The molecular formula is C82H145NO13. The zero-order valence-corrected chi connectivity index (χ0v) is 60.8. The van der Waals surface area contributed by atoms with Gasteiger partial charge in [-0.3, -0.25) is 4.79 Å². The van der Waals surface area contributed by atoms with E-state index in [0.29, 0.717) is 6.42 Å². The topological polar surface area (TPSA) is 228 Å². The fourth-order valence-corrected chi connectivity index (χ4v) is 12.6. The average molecular weight is 1350 g/mol. The van der Waals surface area contributed by atoms with Crippen molar-refractivity contribution in [3.8, 4) is 0 Å². The Hall–Kier alpha value is -3.09. The van der Waals surface area contributed by atoms with Crippen LogP contribution >= 0.6 is 0 Å². The molecule has 12 atom stereocenters. The predicted molar refractivity (Wildman–Crippen MR) is 396 cm³/mol. The van der Waals surface area contributed by atoms with Gasteiger partial charge in [0.25, 0.3) is 0 Å². The molecular weight excluding hydrogens is 1210 g/mol. The highest BCUT2D eigenvalue weighted by atomic mass is 16.7. The van der Waals surface area contributed by atoms with E-state index in [-0.39, 0.29) is 18.9 Å². The lowest BCUT2D eigenvalue weighted by molar-refractivity contribution is -0.359. The molecule has 0 aromatic heterocycles. The molecule has 0 bridgehead atoms. The van der Waals surface area contributed by atoms with Gasteiger partial charge in [-0.05, 0) is 77.0 Å². The van der Waals surface area contributed by atoms with E-state index in [0.717, 1.165) is 83.5 Å². The van der Waals surface area contributed by atoms with Gasteiger partial charge in [0.2, 0.25) is 5.91 Å². The number of carbonyl (C=O) groups excluding carboxylic acids is 1. The van der Waals surface area contributed by atoms with Gasteiger partial charge < -0.3 is 65.1 Å². The summed E-state index contributed by atoms with van der Waals surface area (Å²) in [5.41, 5.74) is 0. The molecule has 2 saturated heterocycles. The van der Waals surface area contributed by atoms with Gasteiger partial charge in [0.15, 0.2) is 12.6 Å². The van der Waals surface area contributed by atoms with Crippen molar-refractivity contribution in [2.24, 2.45) is 0 Å². The van der Waals surface area contributed by atoms with E-state index in [9.17, 15) is 45.6 Å². The number of rotatable bonds is 65. The van der Waals surface area contributed by atoms with Crippen molar-refractivity contribution in [2.75, 3.05) is 19.8 Å². The number of carbonyl (C=O) groups is 1. The minimum Gasteiger partial charge on any atom is -0.394 e. The maximum Gasteiger partial charge on any atom is 0.220 e. The quantitative estimate of drug-likeness (QED) is 0.0204. The molecule has 2 aliphatic rings. The fourth-order valence-electron chi connectivity index (χ4n) is 12.6. The second-order valence-corrected chi connectivity index (χ2v) is 27.5. The number of allylic oxidation sites excluding steroid dienone is 15. The number of unbranched alkanes of at least 4 members (excludes halogenated alkanes) is 38. The lowest BCUT2D eigenvalue weighted by atomic mass is 9.97. The molecule has 12 unspecified atom stereocenters. The number of amides is 1. The highest BCUT2D eigenvalue weighted by Gasteiger charge is 2.51. The van der Waals surface area contributed by atoms with Gasteiger partial charge in [0.1, 0.15) is 48.8 Å². The third-order valence-corrected chi connectivity index (χ3v) is 18.8. The highest BCUT2D eigenvalue weighted by Crippen LogP contribution is 2.30. The Morgan fingerprint density at radius 1 is 0.385 bits per heavy atom. The zero-order valence-electron chi connectivity index (χ0n) is 60.8. The largest absolute Gasteiger partial charge is 0.394 e. The first kappa shape index (κ1) is 89.0. The first-order valence-corrected chi connectivity index (χ1v) is 39.5. The van der Waals surface area contributed by atoms with Crippen LogP contribution in [0.3, 0.4) is 0 Å². The Morgan fingerprint density at radius 3 is 1.10 bits per heavy atom. The smallest absolute Gasteiger partial charge is 0.220 e. The lowest BCUT2D eigenvalue weighted by Gasteiger charge is -2.46. The van der Waals surface area contributed by atoms with E-state index < -0.39 is 86.8 Å². The standard InChI is InChI=1S/C82H145NO13/c1-3-5-7-9-11-13-15-17-19-21-23-25-26-27-28-29-30-31-32-33-34-35-36-37-38-39-40-41-42-43-44-46-48-50-52-54-56-58-60-62-64-66-74(87)83-70(71(86)65-63-61-59-57-55-53-51-49-47-45-24-22-20-18-16-14-12-10-8-6-4-2)69-93-81-79(92)77(90)80(73(68-85)95-81)96-82-78(91)76(89)75(88)72(67-84)94-82/h5,7,11,13,17,19,23,25,27-28,30-31,33-34,63,65,70-73,75-82,84-86,88-92H,3-4,6,8-10,12,14-16,18,20-22,24,26,29,32,35-62,64,66-69H2,1-2H3,(H,83,87)/b7-5-,13-11-,19-17-,25-23-,28-27-,31-30-,34-33-,65-63+. The van der Waals surface area contributed by atoms with Crippen LogP contribution in [0.4, 0.5) is 0 Å². The molecule has 0 radical (unpaired) electrons. The Labute approximate surface area is 585 Å². The number of hydrogen-bond acceptors (Lipinski definition) is 13. The summed E-state index contributed by atoms with van der Waals surface area (Å²) in [5, 5.41) is 87.6. The molecule has 14 heteroatoms. The van der Waals surface area contributed by atoms with Crippen molar-refractivity contribution in [1.82, 2.24) is 5.32 Å². The predicted octanol–water partition coefficient (Wildman–Crippen LogP) is 17.7. The monoisotopic (exact) mass is 1350 g/mol. The van der Waals surface area contributed by atoms with Crippen LogP contribution in [0.15, 0.2) is 97.2 Å². The van der Waals surface area contributed by atoms with Gasteiger partial charge in [-0.1, -0.05) is 336 Å². The van der Waals surface area contributed by atoms with Crippen LogP contribution in [0.1, 0.15) is 322 Å². The molecule has 2 aliphatic heterocycles. The summed E-state index contributed by atoms with van der Waals surface area (Å²) < 4.78 is 22.9. The molecule has 2 rings (SSSR count). The normalized spacial score (nSPS) is 22.8. The summed E-state index contributed by atoms with van der Waals surface area (Å²) in [6.45, 7) is 2.72. The summed E-state index contributed by atoms with van der Waals surface area (Å²) in [4.78, 5) is 13.4. The molecule has 0 saturated carbocycles. The Morgan fingerprint density at radius 2 is 0.719 bits per heavy atom. The summed E-state index contributed by atoms with van der Waals surface area (Å²) >= 11 is 0. The summed E-state index contributed by atoms with van der Waals surface area (Å²) in [6.07, 6.45) is 76.2. The third kappa shape index (κ3) is 47.9. The summed E-state index contributed by atoms with van der Waals surface area (Å²) in [6, 6.07) is -0.919. The van der Waals surface area contributed by atoms with E-state index in [1.54, 1.807) is 6.08 Å². The van der Waals surface area contributed by atoms with E-state index in [1.807, 2.05) is 6.08 Å². The Bertz CT molecular complexity index is 1980. The second kappa shape index (κ2) is 65.2. The van der Waals surface area contributed by atoms with Gasteiger partial charge in [-0.2, -0.15) is 0 Å². The third-order valence-electron chi connectivity index (χ3n) is 18.8. The van der Waals surface area contributed by atoms with Crippen LogP contribution in [-0.4, -0.2) is 140 Å². The van der Waals surface area contributed by atoms with Crippen LogP contribution in [0, 0.1) is 0 Å². The van der Waals surface area contributed by atoms with Gasteiger partial charge in [0.05, 0.1) is 32.0 Å². The number of hydrogen-bond donors (Lipinski definition) is 9. The van der Waals surface area contributed by atoms with Gasteiger partial charge in [-0.15, -0.1) is 0 Å². The van der Waals surface area contributed by atoms with Crippen LogP contribution < -0.4 is 5.32 Å². The average Bonchev–Trinajstić information content (AvgIpc) is 0.807. The van der Waals surface area contributed by atoms with Crippen LogP contribution in [0.25, 0.3) is 0 Å². The first-order valence-electron chi connectivity index (χ1n) is 39.5. The van der Waals surface area contributed by atoms with E-state index in [2.05, 4.69) is 104 Å². The maximum atomic E-state index is 13.4. The van der Waals surface area contributed by atoms with Crippen LogP contribution in [0.5, 0.6) is 0 Å². The van der Waals surface area contributed by atoms with Crippen molar-refractivity contribution in [1.29, 1.82) is 0 Å². The molecule has 14 nitrogen and oxygen atoms in total. The fraction of sp³-hybridized carbons (Fsp3) is 0.793. The van der Waals surface area contributed by atoms with Crippen LogP contribution in [0.2, 0.25) is 0 Å². The van der Waals surface area contributed by atoms with E-state index in [1.165, 1.54) is 212 Å². The first-order chi connectivity index (χ1) is 47.1. The molecule has 2 heterocycles. The number of nitrogens with one attached hydrogen (secondary N) is 1. The summed E-state index contributed by atoms with van der Waals surface area (Å²) in [5.74, 6) is -0.236. The van der Waals surface area contributed by atoms with Gasteiger partial charge in [0, 0.05) is 6.42 Å². The van der Waals surface area contributed by atoms with Crippen molar-refractivity contribution in [3.63, 3.8) is 0 Å². The molecule has 2 fully saturated rings. The molecule has 9 N–H and O–H groups in total. The Kier molecular flexibility index (Phi) is 60.5. The second-order valence-electron chi connectivity index (χ2n) is 27.5. The Balaban J connectivity index is 1.58. The van der Waals surface area contributed by atoms with E-state index in [4.69, 9.17) is 18.9 Å². The van der Waals surface area contributed by atoms with Crippen molar-refractivity contribution in [2.45, 2.75) is 396 Å². The molecule has 0 aliphatic carbocycles. The van der Waals surface area contributed by atoms with Crippen molar-refractivity contribution < 1.29 is 64.6 Å². The minimum absolute atomic E-state index is 0.236. The SMILES string of the molecule is CC/C=C\C/C=C\C/C=C\C/C=C\C/C=C\C/C=C\C/C=C\CCCCCCCCCCCCCCCCCCCCCC(=O)NC(COC1OC(CO)C(OC2OC(CO)C(O)C(O)C2O)C(O)C1O)C(O)/C=C/CCCCCCCCCCCCCCCCCCCCC. The maximum absolute atomic E-state index is 13.4. The number of aliphatic hydroxyl groups excluding tert-OH is 8. The van der Waals surface area contributed by atoms with Gasteiger partial charge >= 0.3 is 0 Å². The lowest BCUT2D eigenvalue weighted by Crippen LogP contribution is -2.65. The van der Waals surface area contributed by atoms with Gasteiger partial charge in [-0.25, -0.2) is 0 Å². The highest BCUT2D eigenvalue weighted by molar-refractivity contribution is 5.76. The number of aliphatic hydroxyl groups is 8. The molecule has 1 amide bonds. The summed E-state index contributed by atoms with van der Waals surface area (Å²) in [7, 11) is 0. The van der Waals surface area contributed by atoms with Crippen molar-refractivity contribution in [3.05, 3.63) is 97.2 Å². The molecule has 556 valence electrons. The van der Waals surface area contributed by atoms with E-state index >= 15 is 0 Å². The van der Waals surface area contributed by atoms with Crippen LogP contribution in [-0.2, 0) is 23.7 Å². The van der Waals surface area contributed by atoms with Crippen molar-refractivity contribution >= 4 is 5.91 Å². The molecule has 96 heavy (non-hydrogen) atoms. The molecule has 0 spiro atoms.